The molecule has 0 unspecified atom stereocenters. The van der Waals surface area contributed by atoms with E-state index in [0.29, 0.717) is 34.0 Å². The standard InChI is InChI=1S/C29H21FN2O4/c1-35-21-11-7-10-19(16-21)26-29(36-28(31-26)18-8-3-2-4-9-18)32-27(34)24-13-6-5-12-22(24)23-15-14-20(30)17-25(23)33/h2-17,33H,1H3,(H,32,34). The number of aromatic hydroxyl groups is 1. The van der Waals surface area contributed by atoms with Gasteiger partial charge in [0.2, 0.25) is 11.8 Å². The summed E-state index contributed by atoms with van der Waals surface area (Å²) in [6, 6.07) is 27.0. The lowest BCUT2D eigenvalue weighted by molar-refractivity contribution is 0.102. The van der Waals surface area contributed by atoms with E-state index in [4.69, 9.17) is 9.15 Å². The number of nitrogens with one attached hydrogen (secondary N) is 1. The smallest absolute Gasteiger partial charge is 0.258 e. The number of ether oxygens (including phenoxy) is 1. The van der Waals surface area contributed by atoms with Gasteiger partial charge in [0.25, 0.3) is 5.91 Å². The lowest BCUT2D eigenvalue weighted by Gasteiger charge is -2.11. The van der Waals surface area contributed by atoms with E-state index in [2.05, 4.69) is 10.3 Å². The maximum absolute atomic E-state index is 13.5. The molecular formula is C29H21FN2O4. The number of aromatic nitrogens is 1. The molecule has 2 N–H and O–H groups in total. The van der Waals surface area contributed by atoms with Gasteiger partial charge in [-0.25, -0.2) is 9.37 Å². The van der Waals surface area contributed by atoms with Gasteiger partial charge in [0.05, 0.1) is 7.11 Å². The fourth-order valence-electron chi connectivity index (χ4n) is 3.89. The Labute approximate surface area is 206 Å². The highest BCUT2D eigenvalue weighted by atomic mass is 19.1. The maximum atomic E-state index is 13.5. The summed E-state index contributed by atoms with van der Waals surface area (Å²) in [4.78, 5) is 18.1. The minimum Gasteiger partial charge on any atom is -0.507 e. The highest BCUT2D eigenvalue weighted by molar-refractivity contribution is 6.09. The minimum absolute atomic E-state index is 0.158. The van der Waals surface area contributed by atoms with E-state index >= 15 is 0 Å². The highest BCUT2D eigenvalue weighted by Crippen LogP contribution is 2.36. The maximum Gasteiger partial charge on any atom is 0.258 e. The monoisotopic (exact) mass is 480 g/mol. The zero-order valence-corrected chi connectivity index (χ0v) is 19.2. The number of carbonyl (C=O) groups excluding carboxylic acids is 1. The van der Waals surface area contributed by atoms with Gasteiger partial charge in [0.1, 0.15) is 23.0 Å². The fourth-order valence-corrected chi connectivity index (χ4v) is 3.89. The number of hydrogen-bond donors (Lipinski definition) is 2. The summed E-state index contributed by atoms with van der Waals surface area (Å²) in [6.07, 6.45) is 0. The Morgan fingerprint density at radius 3 is 2.42 bits per heavy atom. The summed E-state index contributed by atoms with van der Waals surface area (Å²) in [7, 11) is 1.57. The van der Waals surface area contributed by atoms with Gasteiger partial charge in [-0.1, -0.05) is 48.5 Å². The van der Waals surface area contributed by atoms with Crippen LogP contribution in [0.15, 0.2) is 101 Å². The number of carbonyl (C=O) groups is 1. The van der Waals surface area contributed by atoms with Crippen molar-refractivity contribution in [2.75, 3.05) is 12.4 Å². The van der Waals surface area contributed by atoms with Crippen LogP contribution in [0.1, 0.15) is 10.4 Å². The van der Waals surface area contributed by atoms with Crippen LogP contribution < -0.4 is 10.1 Å². The molecule has 0 aliphatic carbocycles. The van der Waals surface area contributed by atoms with Crippen LogP contribution >= 0.6 is 0 Å². The van der Waals surface area contributed by atoms with Crippen LogP contribution in [0.25, 0.3) is 33.8 Å². The highest BCUT2D eigenvalue weighted by Gasteiger charge is 2.22. The van der Waals surface area contributed by atoms with Gasteiger partial charge in [0, 0.05) is 28.3 Å². The van der Waals surface area contributed by atoms with Gasteiger partial charge in [0.15, 0.2) is 0 Å². The van der Waals surface area contributed by atoms with Crippen LogP contribution in [0.4, 0.5) is 10.3 Å². The van der Waals surface area contributed by atoms with Crippen molar-refractivity contribution in [1.29, 1.82) is 0 Å². The number of rotatable bonds is 6. The average molecular weight is 480 g/mol. The Balaban J connectivity index is 1.57. The molecule has 4 aromatic carbocycles. The van der Waals surface area contributed by atoms with Crippen molar-refractivity contribution < 1.29 is 23.4 Å². The predicted molar refractivity (Wildman–Crippen MR) is 135 cm³/mol. The van der Waals surface area contributed by atoms with Crippen molar-refractivity contribution in [2.24, 2.45) is 0 Å². The third-order valence-electron chi connectivity index (χ3n) is 5.64. The van der Waals surface area contributed by atoms with Gasteiger partial charge >= 0.3 is 0 Å². The van der Waals surface area contributed by atoms with Crippen molar-refractivity contribution in [2.45, 2.75) is 0 Å². The van der Waals surface area contributed by atoms with E-state index in [1.165, 1.54) is 12.1 Å². The molecule has 0 saturated carbocycles. The minimum atomic E-state index is -0.573. The first-order valence-electron chi connectivity index (χ1n) is 11.1. The second-order valence-electron chi connectivity index (χ2n) is 7.96. The number of phenolic OH excluding ortho intramolecular Hbond substituents is 1. The van der Waals surface area contributed by atoms with Crippen LogP contribution in [0.5, 0.6) is 11.5 Å². The molecule has 0 radical (unpaired) electrons. The molecule has 1 heterocycles. The molecule has 0 atom stereocenters. The van der Waals surface area contributed by atoms with Crippen molar-refractivity contribution in [1.82, 2.24) is 4.98 Å². The number of anilines is 1. The number of oxazole rings is 1. The van der Waals surface area contributed by atoms with E-state index < -0.39 is 11.7 Å². The summed E-state index contributed by atoms with van der Waals surface area (Å²) in [6.45, 7) is 0. The van der Waals surface area contributed by atoms with Crippen molar-refractivity contribution >= 4 is 11.8 Å². The SMILES string of the molecule is COc1cccc(-c2nc(-c3ccccc3)oc2NC(=O)c2ccccc2-c2ccc(F)cc2O)c1. The normalized spacial score (nSPS) is 10.7. The zero-order chi connectivity index (χ0) is 25.1. The van der Waals surface area contributed by atoms with Gasteiger partial charge in [-0.05, 0) is 48.0 Å². The Bertz CT molecular complexity index is 1550. The van der Waals surface area contributed by atoms with Crippen molar-refractivity contribution in [3.05, 3.63) is 108 Å². The van der Waals surface area contributed by atoms with Crippen LogP contribution in [0.3, 0.4) is 0 Å². The molecule has 0 aliphatic rings. The predicted octanol–water partition coefficient (Wildman–Crippen LogP) is 6.78. The molecule has 1 amide bonds. The fraction of sp³-hybridized carbons (Fsp3) is 0.0345. The van der Waals surface area contributed by atoms with Crippen molar-refractivity contribution in [3.63, 3.8) is 0 Å². The third-order valence-corrected chi connectivity index (χ3v) is 5.64. The summed E-state index contributed by atoms with van der Waals surface area (Å²) in [5.74, 6) is -0.187. The molecule has 0 fully saturated rings. The zero-order valence-electron chi connectivity index (χ0n) is 19.2. The van der Waals surface area contributed by atoms with Gasteiger partial charge in [-0.2, -0.15) is 0 Å². The van der Waals surface area contributed by atoms with E-state index in [-0.39, 0.29) is 17.2 Å². The molecule has 7 heteroatoms. The molecule has 0 spiro atoms. The quantitative estimate of drug-likeness (QED) is 0.280. The average Bonchev–Trinajstić information content (AvgIpc) is 3.33. The molecule has 0 aliphatic heterocycles. The van der Waals surface area contributed by atoms with Crippen LogP contribution in [-0.2, 0) is 0 Å². The van der Waals surface area contributed by atoms with Crippen molar-refractivity contribution in [3.8, 4) is 45.3 Å². The van der Waals surface area contributed by atoms with Gasteiger partial charge in [-0.3, -0.25) is 10.1 Å². The summed E-state index contributed by atoms with van der Waals surface area (Å²) >= 11 is 0. The molecule has 178 valence electrons. The van der Waals surface area contributed by atoms with E-state index in [9.17, 15) is 14.3 Å². The van der Waals surface area contributed by atoms with Crippen LogP contribution in [0.2, 0.25) is 0 Å². The number of amides is 1. The molecule has 5 aromatic rings. The molecule has 36 heavy (non-hydrogen) atoms. The van der Waals surface area contributed by atoms with E-state index in [1.54, 1.807) is 37.4 Å². The Hall–Kier alpha value is -4.91. The second-order valence-corrected chi connectivity index (χ2v) is 7.96. The van der Waals surface area contributed by atoms with E-state index in [0.717, 1.165) is 11.6 Å². The number of nitrogens with zero attached hydrogens (tertiary/aromatic N) is 1. The first-order valence-corrected chi connectivity index (χ1v) is 11.1. The number of phenols is 1. The number of benzene rings is 4. The first-order chi connectivity index (χ1) is 17.5. The Morgan fingerprint density at radius 2 is 1.64 bits per heavy atom. The number of methoxy groups -OCH3 is 1. The van der Waals surface area contributed by atoms with Crippen LogP contribution in [0, 0.1) is 5.82 Å². The molecule has 0 bridgehead atoms. The molecule has 0 saturated heterocycles. The number of halogens is 1. The largest absolute Gasteiger partial charge is 0.507 e. The van der Waals surface area contributed by atoms with E-state index in [1.807, 2.05) is 48.5 Å². The second kappa shape index (κ2) is 9.76. The lowest BCUT2D eigenvalue weighted by Crippen LogP contribution is -2.13. The lowest BCUT2D eigenvalue weighted by atomic mass is 9.98. The Morgan fingerprint density at radius 1 is 0.889 bits per heavy atom. The topological polar surface area (TPSA) is 84.6 Å². The third kappa shape index (κ3) is 4.54. The van der Waals surface area contributed by atoms with Crippen LogP contribution in [-0.4, -0.2) is 23.1 Å². The summed E-state index contributed by atoms with van der Waals surface area (Å²) in [5.41, 5.74) is 2.92. The van der Waals surface area contributed by atoms with Gasteiger partial charge in [-0.15, -0.1) is 0 Å². The molecule has 6 nitrogen and oxygen atoms in total. The Kier molecular flexibility index (Phi) is 6.19. The summed E-state index contributed by atoms with van der Waals surface area (Å²) in [5, 5.41) is 13.1. The molecule has 1 aromatic heterocycles. The first kappa shape index (κ1) is 22.9. The molecule has 5 rings (SSSR count). The number of hydrogen-bond acceptors (Lipinski definition) is 5. The van der Waals surface area contributed by atoms with Gasteiger partial charge < -0.3 is 14.3 Å². The molecular weight excluding hydrogens is 459 g/mol. The summed E-state index contributed by atoms with van der Waals surface area (Å²) < 4.78 is 24.9.